The minimum atomic E-state index is -0.811. The first kappa shape index (κ1) is 15.3. The highest BCUT2D eigenvalue weighted by Crippen LogP contribution is 2.23. The number of aromatic nitrogens is 1. The maximum absolute atomic E-state index is 12.9. The minimum absolute atomic E-state index is 0.130. The number of nitrogens with one attached hydrogen (secondary N) is 1. The molecule has 0 amide bonds. The Kier molecular flexibility index (Phi) is 5.39. The third-order valence-corrected chi connectivity index (χ3v) is 5.19. The zero-order valence-electron chi connectivity index (χ0n) is 11.4. The predicted molar refractivity (Wildman–Crippen MR) is 82.7 cm³/mol. The van der Waals surface area contributed by atoms with Crippen molar-refractivity contribution in [1.29, 1.82) is 0 Å². The highest BCUT2D eigenvalue weighted by Gasteiger charge is 2.07. The van der Waals surface area contributed by atoms with E-state index in [4.69, 9.17) is 0 Å². The van der Waals surface area contributed by atoms with Gasteiger partial charge in [0.05, 0.1) is 5.69 Å². The van der Waals surface area contributed by atoms with Crippen LogP contribution in [0.5, 0.6) is 0 Å². The lowest BCUT2D eigenvalue weighted by Gasteiger charge is -2.08. The first-order chi connectivity index (χ1) is 9.56. The van der Waals surface area contributed by atoms with E-state index in [-0.39, 0.29) is 11.1 Å². The Morgan fingerprint density at radius 1 is 1.40 bits per heavy atom. The molecule has 0 saturated heterocycles. The van der Waals surface area contributed by atoms with Crippen molar-refractivity contribution in [2.45, 2.75) is 18.7 Å². The van der Waals surface area contributed by atoms with E-state index >= 15 is 0 Å². The molecule has 3 nitrogen and oxygen atoms in total. The molecule has 1 aromatic heterocycles. The average Bonchev–Trinajstić information content (AvgIpc) is 2.88. The summed E-state index contributed by atoms with van der Waals surface area (Å²) in [5.74, 6) is -0.242. The standard InChI is InChI=1S/C14H17FN2OS2/c1-10(20(2)18)7-16-8-13-9-19-14(17-13)11-3-5-12(15)6-4-11/h3-6,9-10,16H,7-8H2,1-2H3. The summed E-state index contributed by atoms with van der Waals surface area (Å²) in [5, 5.41) is 6.25. The van der Waals surface area contributed by atoms with Crippen LogP contribution in [0.1, 0.15) is 12.6 Å². The molecule has 1 N–H and O–H groups in total. The zero-order chi connectivity index (χ0) is 14.5. The molecule has 2 aromatic rings. The number of hydrogen-bond acceptors (Lipinski definition) is 4. The van der Waals surface area contributed by atoms with Crippen molar-refractivity contribution in [3.05, 3.63) is 41.2 Å². The summed E-state index contributed by atoms with van der Waals surface area (Å²) in [6.07, 6.45) is 1.71. The Morgan fingerprint density at radius 2 is 2.10 bits per heavy atom. The van der Waals surface area contributed by atoms with Gasteiger partial charge in [0.2, 0.25) is 0 Å². The Balaban J connectivity index is 1.92. The van der Waals surface area contributed by atoms with E-state index < -0.39 is 10.8 Å². The number of hydrogen-bond donors (Lipinski definition) is 1. The van der Waals surface area contributed by atoms with E-state index in [1.54, 1.807) is 29.7 Å². The van der Waals surface area contributed by atoms with Gasteiger partial charge < -0.3 is 5.32 Å². The Hall–Kier alpha value is -1.11. The van der Waals surface area contributed by atoms with Gasteiger partial charge in [-0.3, -0.25) is 4.21 Å². The summed E-state index contributed by atoms with van der Waals surface area (Å²) in [5.41, 5.74) is 1.87. The summed E-state index contributed by atoms with van der Waals surface area (Å²) in [6, 6.07) is 6.33. The lowest BCUT2D eigenvalue weighted by Crippen LogP contribution is -2.27. The third-order valence-electron chi connectivity index (χ3n) is 2.95. The number of nitrogens with zero attached hydrogens (tertiary/aromatic N) is 1. The van der Waals surface area contributed by atoms with Crippen LogP contribution in [-0.2, 0) is 17.3 Å². The molecule has 0 saturated carbocycles. The third kappa shape index (κ3) is 4.19. The van der Waals surface area contributed by atoms with Crippen LogP contribution in [0.2, 0.25) is 0 Å². The van der Waals surface area contributed by atoms with Gasteiger partial charge in [0.25, 0.3) is 0 Å². The van der Waals surface area contributed by atoms with Crippen LogP contribution in [-0.4, -0.2) is 27.2 Å². The van der Waals surface area contributed by atoms with Crippen molar-refractivity contribution >= 4 is 22.1 Å². The summed E-state index contributed by atoms with van der Waals surface area (Å²) in [6.45, 7) is 3.31. The normalized spacial score (nSPS) is 14.2. The molecule has 0 bridgehead atoms. The molecule has 0 aliphatic heterocycles. The number of halogens is 1. The molecule has 0 aliphatic rings. The Bertz CT molecular complexity index is 583. The lowest BCUT2D eigenvalue weighted by atomic mass is 10.2. The smallest absolute Gasteiger partial charge is 0.123 e. The van der Waals surface area contributed by atoms with Gasteiger partial charge in [-0.05, 0) is 31.2 Å². The van der Waals surface area contributed by atoms with Crippen LogP contribution in [0.3, 0.4) is 0 Å². The molecule has 2 unspecified atom stereocenters. The summed E-state index contributed by atoms with van der Waals surface area (Å²) in [7, 11) is -0.811. The van der Waals surface area contributed by atoms with Gasteiger partial charge in [0, 0.05) is 46.3 Å². The second kappa shape index (κ2) is 7.06. The summed E-state index contributed by atoms with van der Waals surface area (Å²) < 4.78 is 24.1. The van der Waals surface area contributed by atoms with Gasteiger partial charge >= 0.3 is 0 Å². The fourth-order valence-electron chi connectivity index (χ4n) is 1.63. The van der Waals surface area contributed by atoms with Crippen LogP contribution < -0.4 is 5.32 Å². The molecule has 0 fully saturated rings. The van der Waals surface area contributed by atoms with Gasteiger partial charge in [0.1, 0.15) is 10.8 Å². The van der Waals surface area contributed by atoms with Gasteiger partial charge in [0.15, 0.2) is 0 Å². The second-order valence-corrected chi connectivity index (χ2v) is 7.25. The molecule has 0 aliphatic carbocycles. The van der Waals surface area contributed by atoms with E-state index in [0.29, 0.717) is 13.1 Å². The van der Waals surface area contributed by atoms with E-state index in [0.717, 1.165) is 16.3 Å². The van der Waals surface area contributed by atoms with Crippen molar-refractivity contribution < 1.29 is 8.60 Å². The number of thiazole rings is 1. The van der Waals surface area contributed by atoms with E-state index in [2.05, 4.69) is 10.3 Å². The topological polar surface area (TPSA) is 42.0 Å². The molecular formula is C14H17FN2OS2. The molecule has 108 valence electrons. The second-order valence-electron chi connectivity index (χ2n) is 4.59. The van der Waals surface area contributed by atoms with Crippen molar-refractivity contribution in [3.8, 4) is 10.6 Å². The molecule has 2 atom stereocenters. The highest BCUT2D eigenvalue weighted by molar-refractivity contribution is 7.84. The van der Waals surface area contributed by atoms with Crippen LogP contribution in [0.25, 0.3) is 10.6 Å². The molecule has 0 radical (unpaired) electrons. The van der Waals surface area contributed by atoms with Gasteiger partial charge in [-0.1, -0.05) is 0 Å². The van der Waals surface area contributed by atoms with E-state index in [1.807, 2.05) is 12.3 Å². The van der Waals surface area contributed by atoms with Crippen molar-refractivity contribution in [2.24, 2.45) is 0 Å². The molecule has 1 aromatic carbocycles. The molecule has 1 heterocycles. The molecule has 2 rings (SSSR count). The minimum Gasteiger partial charge on any atom is -0.310 e. The lowest BCUT2D eigenvalue weighted by molar-refractivity contribution is 0.628. The van der Waals surface area contributed by atoms with Crippen LogP contribution in [0, 0.1) is 5.82 Å². The largest absolute Gasteiger partial charge is 0.310 e. The molecule has 0 spiro atoms. The van der Waals surface area contributed by atoms with E-state index in [9.17, 15) is 8.60 Å². The molecular weight excluding hydrogens is 295 g/mol. The van der Waals surface area contributed by atoms with Crippen molar-refractivity contribution in [1.82, 2.24) is 10.3 Å². The fourth-order valence-corrected chi connectivity index (χ4v) is 2.81. The SMILES string of the molecule is CC(CNCc1csc(-c2ccc(F)cc2)n1)S(C)=O. The van der Waals surface area contributed by atoms with Gasteiger partial charge in [-0.2, -0.15) is 0 Å². The predicted octanol–water partition coefficient (Wildman–Crippen LogP) is 2.81. The quantitative estimate of drug-likeness (QED) is 0.892. The maximum Gasteiger partial charge on any atom is 0.123 e. The van der Waals surface area contributed by atoms with Crippen LogP contribution in [0.4, 0.5) is 4.39 Å². The fraction of sp³-hybridized carbons (Fsp3) is 0.357. The molecule has 20 heavy (non-hydrogen) atoms. The van der Waals surface area contributed by atoms with Crippen LogP contribution in [0.15, 0.2) is 29.6 Å². The number of rotatable bonds is 6. The van der Waals surface area contributed by atoms with Crippen LogP contribution >= 0.6 is 11.3 Å². The average molecular weight is 312 g/mol. The monoisotopic (exact) mass is 312 g/mol. The highest BCUT2D eigenvalue weighted by atomic mass is 32.2. The maximum atomic E-state index is 12.9. The summed E-state index contributed by atoms with van der Waals surface area (Å²) in [4.78, 5) is 4.51. The number of benzene rings is 1. The van der Waals surface area contributed by atoms with E-state index in [1.165, 1.54) is 12.1 Å². The molecule has 6 heteroatoms. The van der Waals surface area contributed by atoms with Crippen molar-refractivity contribution in [3.63, 3.8) is 0 Å². The first-order valence-electron chi connectivity index (χ1n) is 6.29. The first-order valence-corrected chi connectivity index (χ1v) is 8.79. The Morgan fingerprint density at radius 3 is 2.75 bits per heavy atom. The van der Waals surface area contributed by atoms with Crippen molar-refractivity contribution in [2.75, 3.05) is 12.8 Å². The summed E-state index contributed by atoms with van der Waals surface area (Å²) >= 11 is 1.54. The van der Waals surface area contributed by atoms with Gasteiger partial charge in [-0.25, -0.2) is 9.37 Å². The Labute approximate surface area is 124 Å². The zero-order valence-corrected chi connectivity index (χ0v) is 13.1. The van der Waals surface area contributed by atoms with Gasteiger partial charge in [-0.15, -0.1) is 11.3 Å².